The molecule has 2 aromatic carbocycles. The molecule has 0 saturated heterocycles. The Morgan fingerprint density at radius 1 is 1.19 bits per heavy atom. The summed E-state index contributed by atoms with van der Waals surface area (Å²) in [4.78, 5) is 22.9. The zero-order valence-corrected chi connectivity index (χ0v) is 18.9. The van der Waals surface area contributed by atoms with Gasteiger partial charge in [-0.15, -0.1) is 10.2 Å². The van der Waals surface area contributed by atoms with Crippen LogP contribution in [0.5, 0.6) is 0 Å². The van der Waals surface area contributed by atoms with E-state index in [2.05, 4.69) is 31.0 Å². The van der Waals surface area contributed by atoms with Gasteiger partial charge in [-0.25, -0.2) is 0 Å². The van der Waals surface area contributed by atoms with Crippen LogP contribution in [-0.2, 0) is 15.3 Å². The van der Waals surface area contributed by atoms with Crippen LogP contribution in [0.2, 0.25) is 5.02 Å². The van der Waals surface area contributed by atoms with Crippen molar-refractivity contribution in [2.24, 2.45) is 0 Å². The van der Waals surface area contributed by atoms with Crippen LogP contribution in [0.25, 0.3) is 21.5 Å². The molecule has 8 nitrogen and oxygen atoms in total. The average Bonchev–Trinajstić information content (AvgIpc) is 3.38. The number of amides is 1. The number of carbonyl (C=O) groups is 2. The predicted molar refractivity (Wildman–Crippen MR) is 126 cm³/mol. The number of aromatic nitrogens is 4. The molecule has 4 rings (SSSR count). The van der Waals surface area contributed by atoms with Gasteiger partial charge in [0.1, 0.15) is 5.01 Å². The summed E-state index contributed by atoms with van der Waals surface area (Å²) in [5, 5.41) is 24.0. The Balaban J connectivity index is 1.62. The van der Waals surface area contributed by atoms with Gasteiger partial charge >= 0.3 is 0 Å². The molecule has 0 saturated carbocycles. The second-order valence-corrected chi connectivity index (χ2v) is 9.18. The topological polar surface area (TPSA) is 113 Å². The fourth-order valence-corrected chi connectivity index (χ4v) is 4.48. The summed E-state index contributed by atoms with van der Waals surface area (Å²) >= 11 is 9.03. The zero-order valence-electron chi connectivity index (χ0n) is 16.5. The van der Waals surface area contributed by atoms with Crippen molar-refractivity contribution in [2.45, 2.75) is 19.6 Å². The molecule has 1 amide bonds. The van der Waals surface area contributed by atoms with E-state index < -0.39 is 0 Å². The van der Waals surface area contributed by atoms with Gasteiger partial charge in [0, 0.05) is 36.2 Å². The fourth-order valence-electron chi connectivity index (χ4n) is 2.94. The van der Waals surface area contributed by atoms with Crippen molar-refractivity contribution >= 4 is 73.1 Å². The van der Waals surface area contributed by atoms with Crippen molar-refractivity contribution in [2.75, 3.05) is 10.6 Å². The third-order valence-corrected chi connectivity index (χ3v) is 6.41. The second-order valence-electron chi connectivity index (χ2n) is 6.68. The number of halogens is 1. The second kappa shape index (κ2) is 9.04. The van der Waals surface area contributed by atoms with E-state index in [-0.39, 0.29) is 11.0 Å². The number of aromatic amines is 1. The standard InChI is InChI=1S/C20H17ClN6O2S2/c1-10(28)23-14-6-12(9-30-11(2)29)5-13(7-14)19-26-27-20(31-19)24-17-4-3-16-15(18(17)21)8-22-25-16/h3-8H,9H2,1-2H3,(H,22,25)(H,23,28)(H,24,27). The van der Waals surface area contributed by atoms with E-state index in [1.807, 2.05) is 30.3 Å². The number of carbonyl (C=O) groups excluding carboxylic acids is 2. The molecule has 0 bridgehead atoms. The van der Waals surface area contributed by atoms with E-state index >= 15 is 0 Å². The SMILES string of the molecule is CC(=O)Nc1cc(CSC(C)=O)cc(-c2nnc(Nc3ccc4[nH]ncc4c3Cl)s2)c1. The lowest BCUT2D eigenvalue weighted by Gasteiger charge is -2.08. The number of anilines is 3. The van der Waals surface area contributed by atoms with Gasteiger partial charge in [-0.1, -0.05) is 34.7 Å². The van der Waals surface area contributed by atoms with Gasteiger partial charge in [0.15, 0.2) is 5.12 Å². The number of benzene rings is 2. The molecule has 3 N–H and O–H groups in total. The summed E-state index contributed by atoms with van der Waals surface area (Å²) in [6, 6.07) is 9.35. The minimum Gasteiger partial charge on any atom is -0.329 e. The Bertz CT molecular complexity index is 1290. The van der Waals surface area contributed by atoms with E-state index in [0.29, 0.717) is 32.3 Å². The molecule has 0 spiro atoms. The molecule has 11 heteroatoms. The quantitative estimate of drug-likeness (QED) is 0.352. The monoisotopic (exact) mass is 472 g/mol. The smallest absolute Gasteiger partial charge is 0.221 e. The van der Waals surface area contributed by atoms with E-state index in [9.17, 15) is 9.59 Å². The molecule has 158 valence electrons. The first kappa shape index (κ1) is 21.3. The maximum atomic E-state index is 11.5. The maximum absolute atomic E-state index is 11.5. The number of H-pyrrole nitrogens is 1. The van der Waals surface area contributed by atoms with Crippen molar-refractivity contribution in [3.05, 3.63) is 47.1 Å². The summed E-state index contributed by atoms with van der Waals surface area (Å²) in [5.41, 5.74) is 3.89. The average molecular weight is 473 g/mol. The molecule has 4 aromatic rings. The number of nitrogens with one attached hydrogen (secondary N) is 3. The Hall–Kier alpha value is -2.95. The number of thioether (sulfide) groups is 1. The van der Waals surface area contributed by atoms with Crippen molar-refractivity contribution in [1.82, 2.24) is 20.4 Å². The lowest BCUT2D eigenvalue weighted by Crippen LogP contribution is -2.06. The van der Waals surface area contributed by atoms with Crippen LogP contribution < -0.4 is 10.6 Å². The van der Waals surface area contributed by atoms with Gasteiger partial charge in [-0.2, -0.15) is 5.10 Å². The Kier molecular flexibility index (Phi) is 6.21. The predicted octanol–water partition coefficient (Wildman–Crippen LogP) is 5.22. The molecule has 0 radical (unpaired) electrons. The number of fused-ring (bicyclic) bond motifs is 1. The van der Waals surface area contributed by atoms with Gasteiger partial charge in [-0.05, 0) is 35.9 Å². The number of hydrogen-bond donors (Lipinski definition) is 3. The van der Waals surface area contributed by atoms with Crippen LogP contribution in [-0.4, -0.2) is 31.4 Å². The van der Waals surface area contributed by atoms with E-state index in [1.54, 1.807) is 6.20 Å². The molecule has 31 heavy (non-hydrogen) atoms. The highest BCUT2D eigenvalue weighted by molar-refractivity contribution is 8.12. The highest BCUT2D eigenvalue weighted by Gasteiger charge is 2.13. The van der Waals surface area contributed by atoms with Gasteiger partial charge in [0.05, 0.1) is 22.4 Å². The summed E-state index contributed by atoms with van der Waals surface area (Å²) in [5.74, 6) is 0.325. The molecule has 0 atom stereocenters. The summed E-state index contributed by atoms with van der Waals surface area (Å²) < 4.78 is 0. The molecule has 2 heterocycles. The molecule has 0 fully saturated rings. The highest BCUT2D eigenvalue weighted by Crippen LogP contribution is 2.35. The zero-order chi connectivity index (χ0) is 22.0. The fraction of sp³-hybridized carbons (Fsp3) is 0.150. The van der Waals surface area contributed by atoms with Gasteiger partial charge in [0.25, 0.3) is 0 Å². The molecule has 2 aromatic heterocycles. The summed E-state index contributed by atoms with van der Waals surface area (Å²) in [7, 11) is 0. The molecule has 0 aliphatic heterocycles. The van der Waals surface area contributed by atoms with Crippen molar-refractivity contribution in [1.29, 1.82) is 0 Å². The minimum absolute atomic E-state index is 0.0281. The number of rotatable bonds is 6. The van der Waals surface area contributed by atoms with Crippen LogP contribution in [0.3, 0.4) is 0 Å². The first-order chi connectivity index (χ1) is 14.9. The molecule has 0 aliphatic rings. The van der Waals surface area contributed by atoms with Crippen LogP contribution in [0.15, 0.2) is 36.5 Å². The van der Waals surface area contributed by atoms with E-state index in [0.717, 1.165) is 22.0 Å². The van der Waals surface area contributed by atoms with E-state index in [4.69, 9.17) is 11.6 Å². The third-order valence-electron chi connectivity index (χ3n) is 4.23. The third kappa shape index (κ3) is 5.04. The van der Waals surface area contributed by atoms with Gasteiger partial charge < -0.3 is 10.6 Å². The first-order valence-electron chi connectivity index (χ1n) is 9.16. The van der Waals surface area contributed by atoms with Crippen LogP contribution in [0.1, 0.15) is 19.4 Å². The van der Waals surface area contributed by atoms with Crippen molar-refractivity contribution < 1.29 is 9.59 Å². The van der Waals surface area contributed by atoms with Crippen LogP contribution in [0, 0.1) is 0 Å². The normalized spacial score (nSPS) is 10.9. The lowest BCUT2D eigenvalue weighted by atomic mass is 10.1. The molecular formula is C20H17ClN6O2S2. The van der Waals surface area contributed by atoms with Crippen molar-refractivity contribution in [3.8, 4) is 10.6 Å². The largest absolute Gasteiger partial charge is 0.329 e. The van der Waals surface area contributed by atoms with Crippen LogP contribution in [0.4, 0.5) is 16.5 Å². The number of hydrogen-bond acceptors (Lipinski definition) is 8. The van der Waals surface area contributed by atoms with Crippen LogP contribution >= 0.6 is 34.7 Å². The summed E-state index contributed by atoms with van der Waals surface area (Å²) in [6.45, 7) is 2.97. The highest BCUT2D eigenvalue weighted by atomic mass is 35.5. The Labute approximate surface area is 190 Å². The molecule has 0 aliphatic carbocycles. The van der Waals surface area contributed by atoms with E-state index in [1.165, 1.54) is 36.9 Å². The lowest BCUT2D eigenvalue weighted by molar-refractivity contribution is -0.114. The molecular weight excluding hydrogens is 456 g/mol. The Morgan fingerprint density at radius 2 is 2.03 bits per heavy atom. The maximum Gasteiger partial charge on any atom is 0.221 e. The number of nitrogens with zero attached hydrogens (tertiary/aromatic N) is 3. The minimum atomic E-state index is -0.175. The van der Waals surface area contributed by atoms with Gasteiger partial charge in [0.2, 0.25) is 11.0 Å². The summed E-state index contributed by atoms with van der Waals surface area (Å²) in [6.07, 6.45) is 1.67. The molecule has 0 unspecified atom stereocenters. The van der Waals surface area contributed by atoms with Gasteiger partial charge in [-0.3, -0.25) is 14.7 Å². The first-order valence-corrected chi connectivity index (χ1v) is 11.3. The van der Waals surface area contributed by atoms with Crippen molar-refractivity contribution in [3.63, 3.8) is 0 Å². The Morgan fingerprint density at radius 3 is 2.81 bits per heavy atom.